The predicted molar refractivity (Wildman–Crippen MR) is 57.8 cm³/mol. The quantitative estimate of drug-likeness (QED) is 0.853. The molecular weight excluding hydrogens is 212 g/mol. The number of rotatable bonds is 3. The summed E-state index contributed by atoms with van der Waals surface area (Å²) in [5.74, 6) is 0.214. The van der Waals surface area contributed by atoms with Crippen LogP contribution in [0.1, 0.15) is 36.4 Å². The minimum Gasteiger partial charge on any atom is -0.387 e. The molecule has 2 heterocycles. The van der Waals surface area contributed by atoms with Crippen LogP contribution in [0, 0.1) is 5.92 Å². The van der Waals surface area contributed by atoms with Crippen LogP contribution in [0.4, 0.5) is 0 Å². The van der Waals surface area contributed by atoms with Crippen molar-refractivity contribution in [3.05, 3.63) is 10.6 Å². The Hall–Kier alpha value is -0.520. The zero-order valence-electron chi connectivity index (χ0n) is 8.85. The van der Waals surface area contributed by atoms with Crippen molar-refractivity contribution in [2.45, 2.75) is 32.3 Å². The van der Waals surface area contributed by atoms with E-state index in [1.165, 1.54) is 11.5 Å². The highest BCUT2D eigenvalue weighted by Crippen LogP contribution is 2.31. The molecule has 2 rings (SSSR count). The molecule has 1 aromatic rings. The molecule has 0 amide bonds. The fourth-order valence-corrected chi connectivity index (χ4v) is 2.73. The van der Waals surface area contributed by atoms with Gasteiger partial charge in [-0.25, -0.2) is 0 Å². The fraction of sp³-hybridized carbons (Fsp3) is 0.800. The van der Waals surface area contributed by atoms with Crippen molar-refractivity contribution in [3.8, 4) is 0 Å². The molecule has 2 atom stereocenters. The first-order chi connectivity index (χ1) is 7.33. The maximum atomic E-state index is 10.2. The summed E-state index contributed by atoms with van der Waals surface area (Å²) in [6.45, 7) is 3.51. The van der Waals surface area contributed by atoms with E-state index < -0.39 is 6.10 Å². The number of nitrogens with zero attached hydrogens (tertiary/aromatic N) is 2. The number of aliphatic hydroxyl groups excluding tert-OH is 1. The van der Waals surface area contributed by atoms with Crippen LogP contribution in [0.3, 0.4) is 0 Å². The first-order valence-electron chi connectivity index (χ1n) is 5.40. The molecule has 84 valence electrons. The normalized spacial score (nSPS) is 24.0. The zero-order valence-corrected chi connectivity index (χ0v) is 9.66. The average molecular weight is 228 g/mol. The van der Waals surface area contributed by atoms with Gasteiger partial charge in [0.2, 0.25) is 0 Å². The molecule has 5 heteroatoms. The van der Waals surface area contributed by atoms with Crippen molar-refractivity contribution in [3.63, 3.8) is 0 Å². The van der Waals surface area contributed by atoms with E-state index in [0.29, 0.717) is 6.61 Å². The lowest BCUT2D eigenvalue weighted by Gasteiger charge is -2.26. The summed E-state index contributed by atoms with van der Waals surface area (Å²) in [5.41, 5.74) is 0.929. The largest absolute Gasteiger partial charge is 0.387 e. The lowest BCUT2D eigenvalue weighted by molar-refractivity contribution is -0.00897. The van der Waals surface area contributed by atoms with Gasteiger partial charge >= 0.3 is 0 Å². The molecule has 1 aromatic heterocycles. The summed E-state index contributed by atoms with van der Waals surface area (Å²) in [5, 5.41) is 14.2. The van der Waals surface area contributed by atoms with E-state index in [4.69, 9.17) is 4.74 Å². The Kier molecular flexibility index (Phi) is 3.66. The Morgan fingerprint density at radius 3 is 3.20 bits per heavy atom. The van der Waals surface area contributed by atoms with Crippen LogP contribution in [0.25, 0.3) is 0 Å². The maximum absolute atomic E-state index is 10.2. The van der Waals surface area contributed by atoms with Gasteiger partial charge in [0.15, 0.2) is 0 Å². The second-order valence-corrected chi connectivity index (χ2v) is 4.65. The van der Waals surface area contributed by atoms with Gasteiger partial charge in [0.25, 0.3) is 0 Å². The van der Waals surface area contributed by atoms with Crippen LogP contribution in [0.15, 0.2) is 0 Å². The third kappa shape index (κ3) is 2.35. The lowest BCUT2D eigenvalue weighted by Crippen LogP contribution is -2.23. The highest BCUT2D eigenvalue weighted by molar-refractivity contribution is 7.05. The summed E-state index contributed by atoms with van der Waals surface area (Å²) in [4.78, 5) is 0.924. The molecule has 4 nitrogen and oxygen atoms in total. The third-order valence-corrected chi connectivity index (χ3v) is 3.67. The van der Waals surface area contributed by atoms with Crippen LogP contribution in [0.2, 0.25) is 0 Å². The summed E-state index contributed by atoms with van der Waals surface area (Å²) >= 11 is 1.31. The van der Waals surface area contributed by atoms with E-state index >= 15 is 0 Å². The summed E-state index contributed by atoms with van der Waals surface area (Å²) in [7, 11) is 0. The Bertz CT molecular complexity index is 310. The van der Waals surface area contributed by atoms with E-state index in [2.05, 4.69) is 9.59 Å². The second-order valence-electron chi connectivity index (χ2n) is 3.86. The number of hydrogen-bond donors (Lipinski definition) is 1. The van der Waals surface area contributed by atoms with Gasteiger partial charge < -0.3 is 9.84 Å². The summed E-state index contributed by atoms with van der Waals surface area (Å²) in [6, 6.07) is 0. The minimum atomic E-state index is -0.444. The third-order valence-electron chi connectivity index (χ3n) is 2.83. The molecule has 0 aliphatic carbocycles. The zero-order chi connectivity index (χ0) is 10.7. The number of ether oxygens (including phenoxy) is 1. The van der Waals surface area contributed by atoms with Crippen molar-refractivity contribution in [2.24, 2.45) is 5.92 Å². The maximum Gasteiger partial charge on any atom is 0.0967 e. The van der Waals surface area contributed by atoms with Gasteiger partial charge in [0.1, 0.15) is 0 Å². The van der Waals surface area contributed by atoms with Crippen LogP contribution in [0.5, 0.6) is 0 Å². The monoisotopic (exact) mass is 228 g/mol. The molecule has 0 bridgehead atoms. The van der Waals surface area contributed by atoms with E-state index in [-0.39, 0.29) is 5.92 Å². The van der Waals surface area contributed by atoms with Gasteiger partial charge in [-0.3, -0.25) is 0 Å². The number of aromatic nitrogens is 2. The Morgan fingerprint density at radius 1 is 1.67 bits per heavy atom. The first kappa shape index (κ1) is 11.0. The van der Waals surface area contributed by atoms with Crippen molar-refractivity contribution in [1.29, 1.82) is 0 Å². The molecule has 1 aliphatic heterocycles. The second kappa shape index (κ2) is 5.01. The van der Waals surface area contributed by atoms with Crippen LogP contribution < -0.4 is 0 Å². The SMILES string of the molecule is CCc1nnsc1C(O)C1CCCOC1. The molecule has 0 aromatic carbocycles. The van der Waals surface area contributed by atoms with Gasteiger partial charge in [-0.1, -0.05) is 11.4 Å². The summed E-state index contributed by atoms with van der Waals surface area (Å²) in [6.07, 6.45) is 2.45. The van der Waals surface area contributed by atoms with Gasteiger partial charge in [-0.15, -0.1) is 5.10 Å². The average Bonchev–Trinajstić information content (AvgIpc) is 2.77. The molecule has 1 N–H and O–H groups in total. The van der Waals surface area contributed by atoms with E-state index in [9.17, 15) is 5.11 Å². The Labute approximate surface area is 93.4 Å². The number of aliphatic hydroxyl groups is 1. The van der Waals surface area contributed by atoms with Gasteiger partial charge in [0, 0.05) is 12.5 Å². The topological polar surface area (TPSA) is 55.2 Å². The van der Waals surface area contributed by atoms with E-state index in [1.807, 2.05) is 6.92 Å². The molecule has 1 aliphatic rings. The van der Waals surface area contributed by atoms with Gasteiger partial charge in [0.05, 0.1) is 23.3 Å². The summed E-state index contributed by atoms with van der Waals surface area (Å²) < 4.78 is 9.28. The van der Waals surface area contributed by atoms with Crippen molar-refractivity contribution in [1.82, 2.24) is 9.59 Å². The highest BCUT2D eigenvalue weighted by atomic mass is 32.1. The highest BCUT2D eigenvalue weighted by Gasteiger charge is 2.27. The minimum absolute atomic E-state index is 0.214. The smallest absolute Gasteiger partial charge is 0.0967 e. The van der Waals surface area contributed by atoms with Crippen molar-refractivity contribution < 1.29 is 9.84 Å². The molecule has 1 fully saturated rings. The van der Waals surface area contributed by atoms with Crippen LogP contribution >= 0.6 is 11.5 Å². The number of aryl methyl sites for hydroxylation is 1. The molecule has 1 saturated heterocycles. The van der Waals surface area contributed by atoms with Crippen molar-refractivity contribution >= 4 is 11.5 Å². The standard InChI is InChI=1S/C10H16N2O2S/c1-2-8-10(15-12-11-8)9(13)7-4-3-5-14-6-7/h7,9,13H,2-6H2,1H3. The van der Waals surface area contributed by atoms with Crippen LogP contribution in [-0.4, -0.2) is 27.9 Å². The molecular formula is C10H16N2O2S. The molecule has 15 heavy (non-hydrogen) atoms. The molecule has 0 saturated carbocycles. The lowest BCUT2D eigenvalue weighted by atomic mass is 9.94. The molecule has 2 unspecified atom stereocenters. The Balaban J connectivity index is 2.08. The van der Waals surface area contributed by atoms with Gasteiger partial charge in [-0.05, 0) is 30.8 Å². The predicted octanol–water partition coefficient (Wildman–Crippen LogP) is 1.56. The molecule has 0 spiro atoms. The van der Waals surface area contributed by atoms with Crippen molar-refractivity contribution in [2.75, 3.05) is 13.2 Å². The van der Waals surface area contributed by atoms with Gasteiger partial charge in [-0.2, -0.15) is 0 Å². The fourth-order valence-electron chi connectivity index (χ4n) is 1.91. The Morgan fingerprint density at radius 2 is 2.53 bits per heavy atom. The van der Waals surface area contributed by atoms with E-state index in [0.717, 1.165) is 36.4 Å². The van der Waals surface area contributed by atoms with E-state index in [1.54, 1.807) is 0 Å². The van der Waals surface area contributed by atoms with Crippen LogP contribution in [-0.2, 0) is 11.2 Å². The number of hydrogen-bond acceptors (Lipinski definition) is 5. The first-order valence-corrected chi connectivity index (χ1v) is 6.17. The molecule has 0 radical (unpaired) electrons.